The molecule has 22 heavy (non-hydrogen) atoms. The highest BCUT2D eigenvalue weighted by molar-refractivity contribution is 5.89. The Hall–Kier alpha value is -1.79. The van der Waals surface area contributed by atoms with Gasteiger partial charge in [0.25, 0.3) is 0 Å². The van der Waals surface area contributed by atoms with Crippen LogP contribution in [-0.2, 0) is 4.74 Å². The van der Waals surface area contributed by atoms with E-state index in [9.17, 15) is 4.79 Å². The van der Waals surface area contributed by atoms with Crippen molar-refractivity contribution >= 4 is 11.7 Å². The summed E-state index contributed by atoms with van der Waals surface area (Å²) in [7, 11) is 1.61. The maximum atomic E-state index is 12.1. The van der Waals surface area contributed by atoms with Gasteiger partial charge in [-0.15, -0.1) is 0 Å². The number of rotatable bonds is 3. The SMILES string of the molecule is COc1cccc(NC(=O)N[C@H]2C[C@H]3CO[C@H](C)CN3C2)c1. The van der Waals surface area contributed by atoms with Gasteiger partial charge in [-0.05, 0) is 25.5 Å². The fourth-order valence-corrected chi connectivity index (χ4v) is 3.20. The van der Waals surface area contributed by atoms with Gasteiger partial charge in [-0.2, -0.15) is 0 Å². The molecule has 0 spiro atoms. The Morgan fingerprint density at radius 3 is 3.09 bits per heavy atom. The number of fused-ring (bicyclic) bond motifs is 1. The molecule has 1 aromatic carbocycles. The third-order valence-corrected chi connectivity index (χ3v) is 4.26. The summed E-state index contributed by atoms with van der Waals surface area (Å²) in [4.78, 5) is 14.5. The number of amides is 2. The van der Waals surface area contributed by atoms with Crippen LogP contribution in [0, 0.1) is 0 Å². The van der Waals surface area contributed by atoms with E-state index in [0.717, 1.165) is 37.6 Å². The molecule has 0 unspecified atom stereocenters. The normalized spacial score (nSPS) is 28.0. The van der Waals surface area contributed by atoms with Gasteiger partial charge in [-0.3, -0.25) is 4.90 Å². The molecule has 2 amide bonds. The van der Waals surface area contributed by atoms with Crippen molar-refractivity contribution in [1.29, 1.82) is 0 Å². The van der Waals surface area contributed by atoms with Crippen LogP contribution in [0.2, 0.25) is 0 Å². The first-order chi connectivity index (χ1) is 10.6. The molecule has 3 atom stereocenters. The van der Waals surface area contributed by atoms with E-state index in [1.165, 1.54) is 0 Å². The van der Waals surface area contributed by atoms with E-state index in [0.29, 0.717) is 6.04 Å². The van der Waals surface area contributed by atoms with Crippen molar-refractivity contribution in [3.8, 4) is 5.75 Å². The van der Waals surface area contributed by atoms with Crippen molar-refractivity contribution in [3.05, 3.63) is 24.3 Å². The Bertz CT molecular complexity index is 537. The number of urea groups is 1. The van der Waals surface area contributed by atoms with Crippen LogP contribution < -0.4 is 15.4 Å². The van der Waals surface area contributed by atoms with Crippen molar-refractivity contribution < 1.29 is 14.3 Å². The minimum absolute atomic E-state index is 0.171. The van der Waals surface area contributed by atoms with Crippen molar-refractivity contribution in [1.82, 2.24) is 10.2 Å². The van der Waals surface area contributed by atoms with Crippen LogP contribution in [0.4, 0.5) is 10.5 Å². The number of hydrogen-bond donors (Lipinski definition) is 2. The first-order valence-electron chi connectivity index (χ1n) is 7.71. The van der Waals surface area contributed by atoms with Crippen LogP contribution in [0.3, 0.4) is 0 Å². The van der Waals surface area contributed by atoms with Gasteiger partial charge in [-0.1, -0.05) is 6.07 Å². The van der Waals surface area contributed by atoms with E-state index in [1.54, 1.807) is 13.2 Å². The predicted molar refractivity (Wildman–Crippen MR) is 84.3 cm³/mol. The van der Waals surface area contributed by atoms with Crippen LogP contribution in [0.1, 0.15) is 13.3 Å². The van der Waals surface area contributed by atoms with E-state index in [1.807, 2.05) is 18.2 Å². The van der Waals surface area contributed by atoms with Crippen molar-refractivity contribution in [2.24, 2.45) is 0 Å². The number of carbonyl (C=O) groups is 1. The third-order valence-electron chi connectivity index (χ3n) is 4.26. The fraction of sp³-hybridized carbons (Fsp3) is 0.562. The van der Waals surface area contributed by atoms with Crippen LogP contribution in [0.25, 0.3) is 0 Å². The average Bonchev–Trinajstić information content (AvgIpc) is 2.88. The van der Waals surface area contributed by atoms with E-state index in [2.05, 4.69) is 22.5 Å². The van der Waals surface area contributed by atoms with Crippen LogP contribution >= 0.6 is 0 Å². The van der Waals surface area contributed by atoms with E-state index >= 15 is 0 Å². The van der Waals surface area contributed by atoms with E-state index < -0.39 is 0 Å². The largest absolute Gasteiger partial charge is 0.497 e. The van der Waals surface area contributed by atoms with Gasteiger partial charge in [0.15, 0.2) is 0 Å². The van der Waals surface area contributed by atoms with Gasteiger partial charge >= 0.3 is 6.03 Å². The van der Waals surface area contributed by atoms with Gasteiger partial charge < -0.3 is 20.1 Å². The lowest BCUT2D eigenvalue weighted by atomic mass is 10.1. The first-order valence-corrected chi connectivity index (χ1v) is 7.71. The van der Waals surface area contributed by atoms with Crippen LogP contribution in [0.5, 0.6) is 5.75 Å². The van der Waals surface area contributed by atoms with Gasteiger partial charge in [0.1, 0.15) is 5.75 Å². The zero-order valence-electron chi connectivity index (χ0n) is 13.0. The molecule has 2 N–H and O–H groups in total. The third kappa shape index (κ3) is 3.51. The molecule has 0 bridgehead atoms. The van der Waals surface area contributed by atoms with Crippen LogP contribution in [-0.4, -0.2) is 55.9 Å². The molecule has 2 fully saturated rings. The molecular weight excluding hydrogens is 282 g/mol. The maximum Gasteiger partial charge on any atom is 0.319 e. The van der Waals surface area contributed by atoms with Gasteiger partial charge in [0.05, 0.1) is 19.8 Å². The predicted octanol–water partition coefficient (Wildman–Crippen LogP) is 1.68. The summed E-state index contributed by atoms with van der Waals surface area (Å²) < 4.78 is 10.8. The summed E-state index contributed by atoms with van der Waals surface area (Å²) >= 11 is 0. The summed E-state index contributed by atoms with van der Waals surface area (Å²) in [5.41, 5.74) is 0.726. The molecule has 0 aromatic heterocycles. The molecule has 0 saturated carbocycles. The van der Waals surface area contributed by atoms with E-state index in [4.69, 9.17) is 9.47 Å². The monoisotopic (exact) mass is 305 g/mol. The molecule has 1 aromatic rings. The Kier molecular flexibility index (Phi) is 4.49. The number of nitrogens with one attached hydrogen (secondary N) is 2. The second-order valence-electron chi connectivity index (χ2n) is 6.01. The molecule has 2 heterocycles. The summed E-state index contributed by atoms with van der Waals surface area (Å²) in [6, 6.07) is 7.76. The number of anilines is 1. The van der Waals surface area contributed by atoms with Gasteiger partial charge in [0.2, 0.25) is 0 Å². The maximum absolute atomic E-state index is 12.1. The number of carbonyl (C=O) groups excluding carboxylic acids is 1. The summed E-state index contributed by atoms with van der Waals surface area (Å²) in [6.07, 6.45) is 1.22. The van der Waals surface area contributed by atoms with Crippen molar-refractivity contribution in [2.45, 2.75) is 31.5 Å². The number of benzene rings is 1. The highest BCUT2D eigenvalue weighted by Gasteiger charge is 2.36. The lowest BCUT2D eigenvalue weighted by Crippen LogP contribution is -2.45. The quantitative estimate of drug-likeness (QED) is 0.892. The number of methoxy groups -OCH3 is 1. The average molecular weight is 305 g/mol. The number of morpholine rings is 1. The molecule has 2 aliphatic rings. The van der Waals surface area contributed by atoms with Crippen molar-refractivity contribution in [3.63, 3.8) is 0 Å². The lowest BCUT2D eigenvalue weighted by molar-refractivity contribution is -0.0390. The van der Waals surface area contributed by atoms with Gasteiger partial charge in [-0.25, -0.2) is 4.79 Å². The number of nitrogens with zero attached hydrogens (tertiary/aromatic N) is 1. The molecule has 120 valence electrons. The van der Waals surface area contributed by atoms with Crippen molar-refractivity contribution in [2.75, 3.05) is 32.1 Å². The Morgan fingerprint density at radius 1 is 1.41 bits per heavy atom. The molecule has 6 nitrogen and oxygen atoms in total. The topological polar surface area (TPSA) is 62.8 Å². The van der Waals surface area contributed by atoms with Gasteiger partial charge in [0, 0.05) is 36.9 Å². The Balaban J connectivity index is 1.52. The molecule has 2 aliphatic heterocycles. The standard InChI is InChI=1S/C16H23N3O3/c1-11-8-19-9-13(6-14(19)10-22-11)18-16(20)17-12-4-3-5-15(7-12)21-2/h3-5,7,11,13-14H,6,8-10H2,1-2H3,(H2,17,18,20)/t11-,13+,14+/m1/s1. The number of ether oxygens (including phenoxy) is 2. The summed E-state index contributed by atoms with van der Waals surface area (Å²) in [6.45, 7) is 4.69. The fourth-order valence-electron chi connectivity index (χ4n) is 3.20. The zero-order chi connectivity index (χ0) is 15.5. The minimum Gasteiger partial charge on any atom is -0.497 e. The summed E-state index contributed by atoms with van der Waals surface area (Å²) in [5.74, 6) is 0.724. The lowest BCUT2D eigenvalue weighted by Gasteiger charge is -2.33. The first kappa shape index (κ1) is 15.1. The molecule has 0 aliphatic carbocycles. The second-order valence-corrected chi connectivity index (χ2v) is 6.01. The molecule has 3 rings (SSSR count). The van der Waals surface area contributed by atoms with E-state index in [-0.39, 0.29) is 18.2 Å². The molecular formula is C16H23N3O3. The number of hydrogen-bond acceptors (Lipinski definition) is 4. The highest BCUT2D eigenvalue weighted by atomic mass is 16.5. The summed E-state index contributed by atoms with van der Waals surface area (Å²) in [5, 5.41) is 5.90. The zero-order valence-corrected chi connectivity index (χ0v) is 13.0. The highest BCUT2D eigenvalue weighted by Crippen LogP contribution is 2.23. The molecule has 6 heteroatoms. The minimum atomic E-state index is -0.174. The second kappa shape index (κ2) is 6.54. The van der Waals surface area contributed by atoms with Crippen LogP contribution in [0.15, 0.2) is 24.3 Å². The molecule has 0 radical (unpaired) electrons. The Morgan fingerprint density at radius 2 is 2.27 bits per heavy atom. The molecule has 2 saturated heterocycles. The Labute approximate surface area is 130 Å². The smallest absolute Gasteiger partial charge is 0.319 e.